The highest BCUT2D eigenvalue weighted by molar-refractivity contribution is 7.93. The maximum atomic E-state index is 13.9. The predicted molar refractivity (Wildman–Crippen MR) is 75.0 cm³/mol. The van der Waals surface area contributed by atoms with Crippen LogP contribution >= 0.6 is 0 Å². The second kappa shape index (κ2) is 5.21. The summed E-state index contributed by atoms with van der Waals surface area (Å²) in [7, 11) is -3.37. The molecule has 3 rings (SSSR count). The van der Waals surface area contributed by atoms with Crippen molar-refractivity contribution in [3.8, 4) is 0 Å². The van der Waals surface area contributed by atoms with E-state index in [9.17, 15) is 12.8 Å². The third-order valence-electron chi connectivity index (χ3n) is 3.61. The first kappa shape index (κ1) is 13.6. The summed E-state index contributed by atoms with van der Waals surface area (Å²) in [5, 5.41) is 3.25. The lowest BCUT2D eigenvalue weighted by Crippen LogP contribution is -2.26. The van der Waals surface area contributed by atoms with Crippen LogP contribution in [0.1, 0.15) is 12.8 Å². The van der Waals surface area contributed by atoms with Crippen LogP contribution in [0.3, 0.4) is 0 Å². The van der Waals surface area contributed by atoms with Gasteiger partial charge in [0.2, 0.25) is 10.0 Å². The third-order valence-corrected chi connectivity index (χ3v) is 5.47. The SMILES string of the molecule is O=S1(=O)CCCN1c1cc(N[C@@H]2CCOC2)ccc1F. The molecule has 0 radical (unpaired) electrons. The van der Waals surface area contributed by atoms with E-state index in [4.69, 9.17) is 4.74 Å². The fourth-order valence-corrected chi connectivity index (χ4v) is 4.15. The van der Waals surface area contributed by atoms with Crippen molar-refractivity contribution >= 4 is 21.4 Å². The van der Waals surface area contributed by atoms with Crippen molar-refractivity contribution in [2.24, 2.45) is 0 Å². The molecule has 1 N–H and O–H groups in total. The molecule has 2 aliphatic rings. The van der Waals surface area contributed by atoms with Crippen molar-refractivity contribution < 1.29 is 17.5 Å². The number of hydrogen-bond acceptors (Lipinski definition) is 4. The zero-order chi connectivity index (χ0) is 14.2. The molecule has 0 spiro atoms. The van der Waals surface area contributed by atoms with Crippen LogP contribution < -0.4 is 9.62 Å². The highest BCUT2D eigenvalue weighted by atomic mass is 32.2. The van der Waals surface area contributed by atoms with E-state index < -0.39 is 15.8 Å². The summed E-state index contributed by atoms with van der Waals surface area (Å²) in [6.45, 7) is 1.68. The van der Waals surface area contributed by atoms with Crippen molar-refractivity contribution in [2.75, 3.05) is 35.1 Å². The molecule has 7 heteroatoms. The third kappa shape index (κ3) is 2.60. The fraction of sp³-hybridized carbons (Fsp3) is 0.538. The van der Waals surface area contributed by atoms with Gasteiger partial charge in [-0.05, 0) is 31.0 Å². The lowest BCUT2D eigenvalue weighted by atomic mass is 10.2. The first-order chi connectivity index (χ1) is 9.56. The van der Waals surface area contributed by atoms with E-state index in [0.717, 1.165) is 12.1 Å². The van der Waals surface area contributed by atoms with Crippen LogP contribution in [0.2, 0.25) is 0 Å². The van der Waals surface area contributed by atoms with Gasteiger partial charge in [0, 0.05) is 18.8 Å². The minimum atomic E-state index is -3.37. The molecule has 2 fully saturated rings. The number of rotatable bonds is 3. The van der Waals surface area contributed by atoms with Crippen molar-refractivity contribution in [3.63, 3.8) is 0 Å². The van der Waals surface area contributed by atoms with Gasteiger partial charge >= 0.3 is 0 Å². The number of anilines is 2. The molecule has 0 bridgehead atoms. The molecule has 2 saturated heterocycles. The number of nitrogens with one attached hydrogen (secondary N) is 1. The number of nitrogens with zero attached hydrogens (tertiary/aromatic N) is 1. The highest BCUT2D eigenvalue weighted by Gasteiger charge is 2.30. The average molecular weight is 300 g/mol. The zero-order valence-electron chi connectivity index (χ0n) is 11.0. The lowest BCUT2D eigenvalue weighted by Gasteiger charge is -2.20. The van der Waals surface area contributed by atoms with E-state index in [-0.39, 0.29) is 17.5 Å². The first-order valence-electron chi connectivity index (χ1n) is 6.70. The Balaban J connectivity index is 1.86. The lowest BCUT2D eigenvalue weighted by molar-refractivity contribution is 0.195. The van der Waals surface area contributed by atoms with Crippen molar-refractivity contribution in [3.05, 3.63) is 24.0 Å². The number of hydrogen-bond donors (Lipinski definition) is 1. The van der Waals surface area contributed by atoms with Crippen LogP contribution in [0.5, 0.6) is 0 Å². The fourth-order valence-electron chi connectivity index (χ4n) is 2.59. The van der Waals surface area contributed by atoms with Crippen molar-refractivity contribution in [2.45, 2.75) is 18.9 Å². The van der Waals surface area contributed by atoms with E-state index in [1.165, 1.54) is 10.4 Å². The summed E-state index contributed by atoms with van der Waals surface area (Å²) in [5.74, 6) is -0.427. The Labute approximate surface area is 117 Å². The number of benzene rings is 1. The Kier molecular flexibility index (Phi) is 3.55. The van der Waals surface area contributed by atoms with E-state index in [0.29, 0.717) is 26.2 Å². The molecule has 1 atom stereocenters. The van der Waals surface area contributed by atoms with Crippen molar-refractivity contribution in [1.29, 1.82) is 0 Å². The van der Waals surface area contributed by atoms with Crippen LogP contribution in [0.15, 0.2) is 18.2 Å². The van der Waals surface area contributed by atoms with Crippen LogP contribution in [0.25, 0.3) is 0 Å². The van der Waals surface area contributed by atoms with Crippen LogP contribution in [-0.2, 0) is 14.8 Å². The standard InChI is InChI=1S/C13H17FN2O3S/c14-12-3-2-10(15-11-4-6-19-9-11)8-13(12)16-5-1-7-20(16,17)18/h2-3,8,11,15H,1,4-7,9H2/t11-/m1/s1. The number of ether oxygens (including phenoxy) is 1. The monoisotopic (exact) mass is 300 g/mol. The zero-order valence-corrected chi connectivity index (χ0v) is 11.8. The number of sulfonamides is 1. The maximum absolute atomic E-state index is 13.9. The second-order valence-electron chi connectivity index (χ2n) is 5.11. The van der Waals surface area contributed by atoms with Gasteiger partial charge in [-0.25, -0.2) is 12.8 Å². The Bertz CT molecular complexity index is 600. The van der Waals surface area contributed by atoms with Gasteiger partial charge in [-0.15, -0.1) is 0 Å². The van der Waals surface area contributed by atoms with E-state index in [1.54, 1.807) is 12.1 Å². The summed E-state index contributed by atoms with van der Waals surface area (Å²) in [6.07, 6.45) is 1.44. The van der Waals surface area contributed by atoms with Gasteiger partial charge in [-0.1, -0.05) is 0 Å². The molecule has 20 heavy (non-hydrogen) atoms. The van der Waals surface area contributed by atoms with Gasteiger partial charge in [0.25, 0.3) is 0 Å². The molecule has 1 aromatic carbocycles. The summed E-state index contributed by atoms with van der Waals surface area (Å²) in [6, 6.07) is 4.70. The minimum absolute atomic E-state index is 0.0839. The highest BCUT2D eigenvalue weighted by Crippen LogP contribution is 2.30. The topological polar surface area (TPSA) is 58.6 Å². The Hall–Kier alpha value is -1.34. The molecule has 110 valence electrons. The molecule has 0 unspecified atom stereocenters. The van der Waals surface area contributed by atoms with Crippen molar-refractivity contribution in [1.82, 2.24) is 0 Å². The maximum Gasteiger partial charge on any atom is 0.235 e. The predicted octanol–water partition coefficient (Wildman–Crippen LogP) is 1.57. The number of halogens is 1. The molecular formula is C13H17FN2O3S. The molecule has 1 aromatic rings. The minimum Gasteiger partial charge on any atom is -0.380 e. The van der Waals surface area contributed by atoms with E-state index >= 15 is 0 Å². The molecule has 0 saturated carbocycles. The summed E-state index contributed by atoms with van der Waals surface area (Å²) >= 11 is 0. The van der Waals surface area contributed by atoms with E-state index in [2.05, 4.69) is 5.32 Å². The molecule has 0 aromatic heterocycles. The molecular weight excluding hydrogens is 283 g/mol. The molecule has 5 nitrogen and oxygen atoms in total. The van der Waals surface area contributed by atoms with Gasteiger partial charge in [0.05, 0.1) is 24.1 Å². The van der Waals surface area contributed by atoms with Gasteiger partial charge < -0.3 is 10.1 Å². The Morgan fingerprint density at radius 2 is 2.25 bits per heavy atom. The largest absolute Gasteiger partial charge is 0.380 e. The summed E-state index contributed by atoms with van der Waals surface area (Å²) < 4.78 is 44.1. The summed E-state index contributed by atoms with van der Waals surface area (Å²) in [5.41, 5.74) is 0.852. The van der Waals surface area contributed by atoms with Gasteiger partial charge in [-0.2, -0.15) is 0 Å². The first-order valence-corrected chi connectivity index (χ1v) is 8.31. The van der Waals surface area contributed by atoms with Gasteiger partial charge in [0.1, 0.15) is 5.82 Å². The molecule has 2 heterocycles. The summed E-state index contributed by atoms with van der Waals surface area (Å²) in [4.78, 5) is 0. The Morgan fingerprint density at radius 1 is 1.40 bits per heavy atom. The van der Waals surface area contributed by atoms with Crippen LogP contribution in [0.4, 0.5) is 15.8 Å². The smallest absolute Gasteiger partial charge is 0.235 e. The van der Waals surface area contributed by atoms with Gasteiger partial charge in [0.15, 0.2) is 0 Å². The van der Waals surface area contributed by atoms with E-state index in [1.807, 2.05) is 0 Å². The molecule has 0 amide bonds. The molecule has 0 aliphatic carbocycles. The van der Waals surface area contributed by atoms with Gasteiger partial charge in [-0.3, -0.25) is 4.31 Å². The molecule has 2 aliphatic heterocycles. The van der Waals surface area contributed by atoms with Crippen LogP contribution in [-0.4, -0.2) is 40.0 Å². The Morgan fingerprint density at radius 3 is 2.90 bits per heavy atom. The van der Waals surface area contributed by atoms with Crippen LogP contribution in [0, 0.1) is 5.82 Å². The normalized spacial score (nSPS) is 25.1. The average Bonchev–Trinajstić information content (AvgIpc) is 3.01. The quantitative estimate of drug-likeness (QED) is 0.920. The second-order valence-corrected chi connectivity index (χ2v) is 7.13.